The molecule has 9 heteroatoms. The number of carbonyl (C=O) groups is 2. The number of nitrogens with zero attached hydrogens (tertiary/aromatic N) is 1. The third-order valence-electron chi connectivity index (χ3n) is 2.86. The smallest absolute Gasteiger partial charge is 0.329 e. The molecule has 0 fully saturated rings. The van der Waals surface area contributed by atoms with Crippen LogP contribution < -0.4 is 25.0 Å². The first-order valence-corrected chi connectivity index (χ1v) is 6.97. The van der Waals surface area contributed by atoms with E-state index in [0.29, 0.717) is 29.4 Å². The van der Waals surface area contributed by atoms with Crippen LogP contribution in [0.15, 0.2) is 17.2 Å². The molecule has 0 atom stereocenters. The van der Waals surface area contributed by atoms with Crippen molar-refractivity contribution in [2.45, 2.75) is 0 Å². The van der Waals surface area contributed by atoms with Crippen molar-refractivity contribution in [3.8, 4) is 17.2 Å². The van der Waals surface area contributed by atoms with Crippen LogP contribution in [0.2, 0.25) is 0 Å². The van der Waals surface area contributed by atoms with E-state index in [0.717, 1.165) is 0 Å². The van der Waals surface area contributed by atoms with E-state index in [1.807, 2.05) is 0 Å². The average Bonchev–Trinajstić information content (AvgIpc) is 2.60. The normalized spacial score (nSPS) is 10.3. The van der Waals surface area contributed by atoms with Crippen LogP contribution in [0.3, 0.4) is 0 Å². The summed E-state index contributed by atoms with van der Waals surface area (Å²) in [5.41, 5.74) is 2.71. The molecule has 1 aromatic rings. The minimum absolute atomic E-state index is 0.235. The van der Waals surface area contributed by atoms with Crippen LogP contribution in [0.25, 0.3) is 0 Å². The van der Waals surface area contributed by atoms with Gasteiger partial charge in [0.1, 0.15) is 0 Å². The Hall–Kier alpha value is -2.81. The van der Waals surface area contributed by atoms with E-state index in [9.17, 15) is 9.59 Å². The van der Waals surface area contributed by atoms with Crippen molar-refractivity contribution in [3.63, 3.8) is 0 Å². The molecule has 1 aromatic carbocycles. The summed E-state index contributed by atoms with van der Waals surface area (Å²) in [7, 11) is 5.97. The Labute approximate surface area is 139 Å². The summed E-state index contributed by atoms with van der Waals surface area (Å²) in [6, 6.07) is 3.30. The Kier molecular flexibility index (Phi) is 8.06. The Bertz CT molecular complexity index is 578. The van der Waals surface area contributed by atoms with Crippen LogP contribution in [-0.4, -0.2) is 59.6 Å². The zero-order valence-electron chi connectivity index (χ0n) is 14.0. The van der Waals surface area contributed by atoms with Crippen molar-refractivity contribution in [1.29, 1.82) is 0 Å². The first kappa shape index (κ1) is 19.2. The van der Waals surface area contributed by atoms with Gasteiger partial charge in [-0.05, 0) is 12.1 Å². The van der Waals surface area contributed by atoms with Crippen molar-refractivity contribution < 1.29 is 28.5 Å². The molecule has 9 nitrogen and oxygen atoms in total. The van der Waals surface area contributed by atoms with Gasteiger partial charge in [0.25, 0.3) is 0 Å². The van der Waals surface area contributed by atoms with Gasteiger partial charge in [0.05, 0.1) is 34.2 Å². The molecule has 24 heavy (non-hydrogen) atoms. The molecular formula is C15H21N3O6. The summed E-state index contributed by atoms with van der Waals surface area (Å²) in [6.07, 6.45) is 1.35. The molecule has 0 bridgehead atoms. The number of ether oxygens (including phenoxy) is 4. The largest absolute Gasteiger partial charge is 0.493 e. The molecule has 0 aromatic heterocycles. The molecule has 0 aliphatic rings. The fourth-order valence-electron chi connectivity index (χ4n) is 1.74. The van der Waals surface area contributed by atoms with Crippen molar-refractivity contribution in [2.75, 3.05) is 41.6 Å². The highest BCUT2D eigenvalue weighted by molar-refractivity contribution is 6.35. The van der Waals surface area contributed by atoms with Gasteiger partial charge in [-0.3, -0.25) is 9.59 Å². The first-order valence-electron chi connectivity index (χ1n) is 6.97. The molecule has 0 saturated carbocycles. The maximum Gasteiger partial charge on any atom is 0.329 e. The zero-order chi connectivity index (χ0) is 17.9. The number of rotatable bonds is 8. The molecule has 132 valence electrons. The fourth-order valence-corrected chi connectivity index (χ4v) is 1.74. The molecule has 0 aliphatic carbocycles. The Balaban J connectivity index is 2.73. The maximum absolute atomic E-state index is 11.5. The highest BCUT2D eigenvalue weighted by Crippen LogP contribution is 2.37. The highest BCUT2D eigenvalue weighted by Gasteiger charge is 2.13. The first-order chi connectivity index (χ1) is 11.6. The molecular weight excluding hydrogens is 318 g/mol. The van der Waals surface area contributed by atoms with Gasteiger partial charge in [0.2, 0.25) is 5.75 Å². The van der Waals surface area contributed by atoms with Crippen LogP contribution in [0, 0.1) is 0 Å². The second-order valence-corrected chi connectivity index (χ2v) is 4.41. The van der Waals surface area contributed by atoms with Gasteiger partial charge in [-0.2, -0.15) is 5.10 Å². The molecule has 0 aliphatic heterocycles. The van der Waals surface area contributed by atoms with Crippen LogP contribution in [0.5, 0.6) is 17.2 Å². The van der Waals surface area contributed by atoms with Crippen LogP contribution in [0.1, 0.15) is 5.56 Å². The predicted molar refractivity (Wildman–Crippen MR) is 86.7 cm³/mol. The zero-order valence-corrected chi connectivity index (χ0v) is 14.0. The van der Waals surface area contributed by atoms with Gasteiger partial charge >= 0.3 is 11.8 Å². The minimum atomic E-state index is -0.880. The fraction of sp³-hybridized carbons (Fsp3) is 0.400. The van der Waals surface area contributed by atoms with Crippen molar-refractivity contribution >= 4 is 18.0 Å². The summed E-state index contributed by atoms with van der Waals surface area (Å²) in [5.74, 6) is -0.341. The Morgan fingerprint density at radius 2 is 1.67 bits per heavy atom. The van der Waals surface area contributed by atoms with E-state index in [1.165, 1.54) is 34.7 Å². The van der Waals surface area contributed by atoms with Crippen LogP contribution >= 0.6 is 0 Å². The average molecular weight is 339 g/mol. The number of hydrogen-bond donors (Lipinski definition) is 2. The summed E-state index contributed by atoms with van der Waals surface area (Å²) in [5, 5.41) is 6.11. The second kappa shape index (κ2) is 10.1. The minimum Gasteiger partial charge on any atom is -0.493 e. The monoisotopic (exact) mass is 339 g/mol. The van der Waals surface area contributed by atoms with E-state index in [2.05, 4.69) is 15.8 Å². The maximum atomic E-state index is 11.5. The topological polar surface area (TPSA) is 107 Å². The van der Waals surface area contributed by atoms with Crippen molar-refractivity contribution in [2.24, 2.45) is 5.10 Å². The van der Waals surface area contributed by atoms with E-state index in [1.54, 1.807) is 12.1 Å². The number of methoxy groups -OCH3 is 4. The molecule has 0 heterocycles. The molecule has 2 N–H and O–H groups in total. The molecule has 0 unspecified atom stereocenters. The standard InChI is InChI=1S/C15H21N3O6/c1-21-6-5-16-14(19)15(20)18-17-9-10-7-11(22-2)13(24-4)12(8-10)23-3/h7-9H,5-6H2,1-4H3,(H,16,19)(H,18,20)/b17-9-. The van der Waals surface area contributed by atoms with Gasteiger partial charge in [-0.1, -0.05) is 0 Å². The number of hydrogen-bond acceptors (Lipinski definition) is 7. The molecule has 0 saturated heterocycles. The SMILES string of the molecule is COCCNC(=O)C(=O)N/N=C\c1cc(OC)c(OC)c(OC)c1. The van der Waals surface area contributed by atoms with Crippen LogP contribution in [0.4, 0.5) is 0 Å². The highest BCUT2D eigenvalue weighted by atomic mass is 16.5. The summed E-state index contributed by atoms with van der Waals surface area (Å²) < 4.78 is 20.4. The lowest BCUT2D eigenvalue weighted by Crippen LogP contribution is -2.39. The van der Waals surface area contributed by atoms with E-state index in [4.69, 9.17) is 18.9 Å². The third kappa shape index (κ3) is 5.43. The third-order valence-corrected chi connectivity index (χ3v) is 2.86. The number of amides is 2. The Morgan fingerprint density at radius 3 is 2.17 bits per heavy atom. The molecule has 0 radical (unpaired) electrons. The van der Waals surface area contributed by atoms with E-state index < -0.39 is 11.8 Å². The quantitative estimate of drug-likeness (QED) is 0.297. The summed E-state index contributed by atoms with van der Waals surface area (Å²) >= 11 is 0. The predicted octanol–water partition coefficient (Wildman–Crippen LogP) is -0.0749. The number of hydrazone groups is 1. The lowest BCUT2D eigenvalue weighted by atomic mass is 10.2. The molecule has 1 rings (SSSR count). The van der Waals surface area contributed by atoms with Gasteiger partial charge in [-0.25, -0.2) is 5.43 Å². The number of nitrogens with one attached hydrogen (secondary N) is 2. The van der Waals surface area contributed by atoms with Gasteiger partial charge in [0.15, 0.2) is 11.5 Å². The van der Waals surface area contributed by atoms with Gasteiger partial charge in [-0.15, -0.1) is 0 Å². The van der Waals surface area contributed by atoms with Crippen LogP contribution in [-0.2, 0) is 14.3 Å². The van der Waals surface area contributed by atoms with E-state index in [-0.39, 0.29) is 6.54 Å². The lowest BCUT2D eigenvalue weighted by molar-refractivity contribution is -0.139. The van der Waals surface area contributed by atoms with Gasteiger partial charge < -0.3 is 24.3 Å². The van der Waals surface area contributed by atoms with Crippen molar-refractivity contribution in [1.82, 2.24) is 10.7 Å². The van der Waals surface area contributed by atoms with Gasteiger partial charge in [0, 0.05) is 19.2 Å². The Morgan fingerprint density at radius 1 is 1.04 bits per heavy atom. The summed E-state index contributed by atoms with van der Waals surface area (Å²) in [4.78, 5) is 23.0. The number of carbonyl (C=O) groups excluding carboxylic acids is 2. The molecule has 2 amide bonds. The molecule has 0 spiro atoms. The second-order valence-electron chi connectivity index (χ2n) is 4.41. The van der Waals surface area contributed by atoms with E-state index >= 15 is 0 Å². The summed E-state index contributed by atoms with van der Waals surface area (Å²) in [6.45, 7) is 0.549. The lowest BCUT2D eigenvalue weighted by Gasteiger charge is -2.12. The number of benzene rings is 1. The van der Waals surface area contributed by atoms with Crippen molar-refractivity contribution in [3.05, 3.63) is 17.7 Å².